The summed E-state index contributed by atoms with van der Waals surface area (Å²) in [6.07, 6.45) is 3.43. The molecule has 0 atom stereocenters. The predicted octanol–water partition coefficient (Wildman–Crippen LogP) is 4.20. The van der Waals surface area contributed by atoms with Gasteiger partial charge in [0.05, 0.1) is 6.20 Å². The highest BCUT2D eigenvalue weighted by Crippen LogP contribution is 2.26. The minimum absolute atomic E-state index is 0.150. The van der Waals surface area contributed by atoms with Crippen LogP contribution in [0, 0.1) is 8.99 Å². The SMILES string of the molecule is CC(C)(Cc1ccc(I)cc1)Cc1ccc(O)cn1. The van der Waals surface area contributed by atoms with E-state index >= 15 is 0 Å². The van der Waals surface area contributed by atoms with E-state index in [4.69, 9.17) is 0 Å². The molecule has 19 heavy (non-hydrogen) atoms. The van der Waals surface area contributed by atoms with Crippen molar-refractivity contribution in [3.63, 3.8) is 0 Å². The van der Waals surface area contributed by atoms with Crippen molar-refractivity contribution in [3.05, 3.63) is 57.4 Å². The molecule has 1 aromatic carbocycles. The van der Waals surface area contributed by atoms with Crippen molar-refractivity contribution in [1.82, 2.24) is 4.98 Å². The molecule has 1 N–H and O–H groups in total. The van der Waals surface area contributed by atoms with Gasteiger partial charge < -0.3 is 5.11 Å². The van der Waals surface area contributed by atoms with Gasteiger partial charge in [0.15, 0.2) is 0 Å². The van der Waals surface area contributed by atoms with Gasteiger partial charge in [-0.05, 0) is 70.7 Å². The maximum atomic E-state index is 9.25. The van der Waals surface area contributed by atoms with Crippen LogP contribution in [0.15, 0.2) is 42.6 Å². The van der Waals surface area contributed by atoms with Gasteiger partial charge in [-0.25, -0.2) is 0 Å². The summed E-state index contributed by atoms with van der Waals surface area (Å²) in [5, 5.41) is 9.25. The Hall–Kier alpha value is -1.10. The molecule has 0 amide bonds. The van der Waals surface area contributed by atoms with Crippen LogP contribution in [0.3, 0.4) is 0 Å². The molecular weight excluding hydrogens is 349 g/mol. The van der Waals surface area contributed by atoms with Crippen molar-refractivity contribution < 1.29 is 5.11 Å². The third kappa shape index (κ3) is 4.49. The first-order valence-corrected chi connectivity index (χ1v) is 7.41. The smallest absolute Gasteiger partial charge is 0.133 e. The fourth-order valence-corrected chi connectivity index (χ4v) is 2.59. The van der Waals surface area contributed by atoms with Crippen molar-refractivity contribution in [2.24, 2.45) is 5.41 Å². The lowest BCUT2D eigenvalue weighted by atomic mass is 9.81. The highest BCUT2D eigenvalue weighted by molar-refractivity contribution is 14.1. The normalized spacial score (nSPS) is 11.5. The molecule has 0 unspecified atom stereocenters. The topological polar surface area (TPSA) is 33.1 Å². The number of pyridine rings is 1. The Morgan fingerprint density at radius 3 is 2.32 bits per heavy atom. The highest BCUT2D eigenvalue weighted by atomic mass is 127. The molecule has 0 saturated heterocycles. The lowest BCUT2D eigenvalue weighted by molar-refractivity contribution is 0.356. The first-order chi connectivity index (χ1) is 8.94. The Bertz CT molecular complexity index is 482. The molecule has 2 nitrogen and oxygen atoms in total. The zero-order valence-corrected chi connectivity index (χ0v) is 13.4. The summed E-state index contributed by atoms with van der Waals surface area (Å²) in [5.41, 5.74) is 2.52. The Morgan fingerprint density at radius 1 is 1.05 bits per heavy atom. The molecular formula is C16H18INO. The fraction of sp³-hybridized carbons (Fsp3) is 0.312. The second-order valence-electron chi connectivity index (χ2n) is 5.65. The second kappa shape index (κ2) is 5.90. The van der Waals surface area contributed by atoms with Gasteiger partial charge in [0.25, 0.3) is 0 Å². The van der Waals surface area contributed by atoms with E-state index in [1.54, 1.807) is 6.07 Å². The third-order valence-electron chi connectivity index (χ3n) is 3.06. The molecule has 2 rings (SSSR count). The van der Waals surface area contributed by atoms with Gasteiger partial charge in [0.2, 0.25) is 0 Å². The van der Waals surface area contributed by atoms with Crippen molar-refractivity contribution in [3.8, 4) is 5.75 Å². The van der Waals surface area contributed by atoms with Crippen LogP contribution in [0.4, 0.5) is 0 Å². The Labute approximate surface area is 128 Å². The minimum Gasteiger partial charge on any atom is -0.506 e. The van der Waals surface area contributed by atoms with E-state index in [0.717, 1.165) is 18.5 Å². The lowest BCUT2D eigenvalue weighted by Gasteiger charge is -2.24. The minimum atomic E-state index is 0.150. The first kappa shape index (κ1) is 14.3. The van der Waals surface area contributed by atoms with E-state index in [9.17, 15) is 5.11 Å². The van der Waals surface area contributed by atoms with Gasteiger partial charge in [-0.15, -0.1) is 0 Å². The molecule has 0 saturated carbocycles. The predicted molar refractivity (Wildman–Crippen MR) is 86.2 cm³/mol. The molecule has 100 valence electrons. The summed E-state index contributed by atoms with van der Waals surface area (Å²) >= 11 is 2.32. The number of aromatic hydroxyl groups is 1. The maximum absolute atomic E-state index is 9.25. The summed E-state index contributed by atoms with van der Waals surface area (Å²) in [5.74, 6) is 0.221. The number of halogens is 1. The van der Waals surface area contributed by atoms with Crippen LogP contribution in [-0.2, 0) is 12.8 Å². The summed E-state index contributed by atoms with van der Waals surface area (Å²) in [6, 6.07) is 12.3. The average molecular weight is 367 g/mol. The number of hydrogen-bond acceptors (Lipinski definition) is 2. The van der Waals surface area contributed by atoms with Crippen LogP contribution in [0.2, 0.25) is 0 Å². The summed E-state index contributed by atoms with van der Waals surface area (Å²) in [4.78, 5) is 4.27. The van der Waals surface area contributed by atoms with Crippen molar-refractivity contribution in [1.29, 1.82) is 0 Å². The van der Waals surface area contributed by atoms with E-state index in [0.29, 0.717) is 0 Å². The van der Waals surface area contributed by atoms with Crippen molar-refractivity contribution in [2.45, 2.75) is 26.7 Å². The third-order valence-corrected chi connectivity index (χ3v) is 3.78. The molecule has 2 aromatic rings. The van der Waals surface area contributed by atoms with Crippen LogP contribution in [0.25, 0.3) is 0 Å². The van der Waals surface area contributed by atoms with E-state index < -0.39 is 0 Å². The molecule has 0 radical (unpaired) electrons. The van der Waals surface area contributed by atoms with Gasteiger partial charge >= 0.3 is 0 Å². The van der Waals surface area contributed by atoms with Gasteiger partial charge in [-0.2, -0.15) is 0 Å². The van der Waals surface area contributed by atoms with Crippen LogP contribution >= 0.6 is 22.6 Å². The van der Waals surface area contributed by atoms with Gasteiger partial charge in [0, 0.05) is 9.26 Å². The maximum Gasteiger partial charge on any atom is 0.133 e. The molecule has 0 aliphatic heterocycles. The van der Waals surface area contributed by atoms with E-state index in [-0.39, 0.29) is 11.2 Å². The monoisotopic (exact) mass is 367 g/mol. The zero-order chi connectivity index (χ0) is 13.9. The van der Waals surface area contributed by atoms with Gasteiger partial charge in [-0.3, -0.25) is 4.98 Å². The molecule has 0 fully saturated rings. The number of rotatable bonds is 4. The summed E-state index contributed by atoms with van der Waals surface area (Å²) in [7, 11) is 0. The number of benzene rings is 1. The van der Waals surface area contributed by atoms with E-state index in [1.807, 2.05) is 6.07 Å². The van der Waals surface area contributed by atoms with E-state index in [1.165, 1.54) is 15.3 Å². The van der Waals surface area contributed by atoms with Gasteiger partial charge in [-0.1, -0.05) is 26.0 Å². The zero-order valence-electron chi connectivity index (χ0n) is 11.2. The lowest BCUT2D eigenvalue weighted by Crippen LogP contribution is -2.19. The Balaban J connectivity index is 2.05. The molecule has 1 aromatic heterocycles. The highest BCUT2D eigenvalue weighted by Gasteiger charge is 2.19. The standard InChI is InChI=1S/C16H18INO/c1-16(2,9-12-3-5-13(17)6-4-12)10-14-7-8-15(19)11-18-14/h3-8,11,19H,9-10H2,1-2H3. The first-order valence-electron chi connectivity index (χ1n) is 6.33. The van der Waals surface area contributed by atoms with E-state index in [2.05, 4.69) is 65.7 Å². The van der Waals surface area contributed by atoms with Crippen LogP contribution in [-0.4, -0.2) is 10.1 Å². The second-order valence-corrected chi connectivity index (χ2v) is 6.90. The average Bonchev–Trinajstić information content (AvgIpc) is 2.34. The molecule has 0 spiro atoms. The largest absolute Gasteiger partial charge is 0.506 e. The molecule has 0 bridgehead atoms. The molecule has 3 heteroatoms. The molecule has 1 heterocycles. The molecule has 0 aliphatic carbocycles. The van der Waals surface area contributed by atoms with Gasteiger partial charge in [0.1, 0.15) is 5.75 Å². The Kier molecular flexibility index (Phi) is 4.45. The van der Waals surface area contributed by atoms with Crippen LogP contribution in [0.1, 0.15) is 25.1 Å². The van der Waals surface area contributed by atoms with Crippen LogP contribution in [0.5, 0.6) is 5.75 Å². The van der Waals surface area contributed by atoms with Crippen molar-refractivity contribution in [2.75, 3.05) is 0 Å². The molecule has 0 aliphatic rings. The fourth-order valence-electron chi connectivity index (χ4n) is 2.23. The number of hydrogen-bond donors (Lipinski definition) is 1. The summed E-state index contributed by atoms with van der Waals surface area (Å²) in [6.45, 7) is 4.50. The number of aromatic nitrogens is 1. The quantitative estimate of drug-likeness (QED) is 0.822. The van der Waals surface area contributed by atoms with Crippen molar-refractivity contribution >= 4 is 22.6 Å². The Morgan fingerprint density at radius 2 is 1.74 bits per heavy atom. The number of nitrogens with zero attached hydrogens (tertiary/aromatic N) is 1. The summed E-state index contributed by atoms with van der Waals surface area (Å²) < 4.78 is 1.26. The van der Waals surface area contributed by atoms with Crippen LogP contribution < -0.4 is 0 Å².